The van der Waals surface area contributed by atoms with Gasteiger partial charge in [-0.05, 0) is 43.5 Å². The van der Waals surface area contributed by atoms with Crippen LogP contribution in [0.2, 0.25) is 0 Å². The van der Waals surface area contributed by atoms with Crippen molar-refractivity contribution in [3.8, 4) is 0 Å². The molecule has 5 heteroatoms. The van der Waals surface area contributed by atoms with Gasteiger partial charge in [-0.15, -0.1) is 0 Å². The first kappa shape index (κ1) is 13.1. The summed E-state index contributed by atoms with van der Waals surface area (Å²) in [5.74, 6) is 0.0178. The Morgan fingerprint density at radius 2 is 2.35 bits per heavy atom. The third kappa shape index (κ3) is 2.29. The summed E-state index contributed by atoms with van der Waals surface area (Å²) in [6.45, 7) is 3.29. The normalized spacial score (nSPS) is 21.1. The Balaban J connectivity index is 1.75. The van der Waals surface area contributed by atoms with Crippen molar-refractivity contribution in [3.63, 3.8) is 0 Å². The van der Waals surface area contributed by atoms with Crippen molar-refractivity contribution in [2.24, 2.45) is 0 Å². The van der Waals surface area contributed by atoms with Gasteiger partial charge in [0.2, 0.25) is 5.91 Å². The van der Waals surface area contributed by atoms with Crippen molar-refractivity contribution in [2.45, 2.75) is 32.3 Å². The van der Waals surface area contributed by atoms with E-state index in [1.165, 1.54) is 0 Å². The summed E-state index contributed by atoms with van der Waals surface area (Å²) in [4.78, 5) is 25.6. The van der Waals surface area contributed by atoms with Gasteiger partial charge in [0.05, 0.1) is 6.42 Å². The fraction of sp³-hybridized carbons (Fsp3) is 0.467. The molecule has 0 aliphatic carbocycles. The van der Waals surface area contributed by atoms with Crippen LogP contribution in [0, 0.1) is 0 Å². The number of hydrogen-bond donors (Lipinski definition) is 1. The lowest BCUT2D eigenvalue weighted by Gasteiger charge is -2.15. The Kier molecular flexibility index (Phi) is 3.44. The van der Waals surface area contributed by atoms with Gasteiger partial charge in [0.15, 0.2) is 0 Å². The number of hydrogen-bond acceptors (Lipinski definition) is 3. The van der Waals surface area contributed by atoms with Crippen molar-refractivity contribution in [3.05, 3.63) is 23.8 Å². The van der Waals surface area contributed by atoms with Crippen LogP contribution in [0.5, 0.6) is 0 Å². The lowest BCUT2D eigenvalue weighted by Crippen LogP contribution is -2.27. The second-order valence-electron chi connectivity index (χ2n) is 5.15. The fourth-order valence-corrected chi connectivity index (χ4v) is 2.81. The van der Waals surface area contributed by atoms with Gasteiger partial charge >= 0.3 is 0 Å². The zero-order chi connectivity index (χ0) is 14.1. The molecule has 1 unspecified atom stereocenters. The van der Waals surface area contributed by atoms with Crippen LogP contribution in [0.25, 0.3) is 0 Å². The number of anilines is 2. The molecule has 0 saturated carbocycles. The van der Waals surface area contributed by atoms with Crippen LogP contribution in [0.4, 0.5) is 11.4 Å². The summed E-state index contributed by atoms with van der Waals surface area (Å²) in [7, 11) is 0. The highest BCUT2D eigenvalue weighted by Gasteiger charge is 2.27. The molecule has 1 fully saturated rings. The van der Waals surface area contributed by atoms with E-state index in [4.69, 9.17) is 4.74 Å². The van der Waals surface area contributed by atoms with Crippen LogP contribution in [-0.2, 0) is 20.7 Å². The minimum absolute atomic E-state index is 0.0980. The topological polar surface area (TPSA) is 58.6 Å². The molecule has 106 valence electrons. The molecule has 1 aromatic rings. The number of nitrogens with one attached hydrogen (secondary N) is 1. The third-order valence-corrected chi connectivity index (χ3v) is 3.82. The van der Waals surface area contributed by atoms with Crippen molar-refractivity contribution >= 4 is 23.2 Å². The molecule has 2 heterocycles. The van der Waals surface area contributed by atoms with Crippen LogP contribution >= 0.6 is 0 Å². The van der Waals surface area contributed by atoms with E-state index in [-0.39, 0.29) is 17.9 Å². The molecular weight excluding hydrogens is 256 g/mol. The Labute approximate surface area is 117 Å². The van der Waals surface area contributed by atoms with Gasteiger partial charge in [-0.1, -0.05) is 0 Å². The first-order valence-electron chi connectivity index (χ1n) is 7.05. The molecule has 1 saturated heterocycles. The van der Waals surface area contributed by atoms with Crippen LogP contribution in [-0.4, -0.2) is 31.1 Å². The third-order valence-electron chi connectivity index (χ3n) is 3.82. The highest BCUT2D eigenvalue weighted by molar-refractivity contribution is 6.02. The number of carbonyl (C=O) groups excluding carboxylic acids is 2. The first-order chi connectivity index (χ1) is 9.69. The molecule has 5 nitrogen and oxygen atoms in total. The van der Waals surface area contributed by atoms with E-state index in [9.17, 15) is 9.59 Å². The van der Waals surface area contributed by atoms with E-state index in [0.717, 1.165) is 29.8 Å². The predicted molar refractivity (Wildman–Crippen MR) is 75.8 cm³/mol. The summed E-state index contributed by atoms with van der Waals surface area (Å²) in [5.41, 5.74) is 2.66. The minimum atomic E-state index is -0.336. The van der Waals surface area contributed by atoms with Crippen LogP contribution in [0.15, 0.2) is 18.2 Å². The van der Waals surface area contributed by atoms with Gasteiger partial charge in [0.1, 0.15) is 6.10 Å². The number of benzene rings is 1. The average molecular weight is 274 g/mol. The SMILES string of the molecule is CCN1C(=O)Cc2cc(NC(=O)C3CCCO3)ccc21. The Morgan fingerprint density at radius 3 is 3.05 bits per heavy atom. The van der Waals surface area contributed by atoms with E-state index in [0.29, 0.717) is 19.6 Å². The quantitative estimate of drug-likeness (QED) is 0.913. The molecule has 0 spiro atoms. The molecule has 20 heavy (non-hydrogen) atoms. The maximum absolute atomic E-state index is 12.0. The predicted octanol–water partition coefficient (Wildman–Crippen LogP) is 1.71. The molecule has 2 aliphatic heterocycles. The van der Waals surface area contributed by atoms with Gasteiger partial charge in [-0.25, -0.2) is 0 Å². The first-order valence-corrected chi connectivity index (χ1v) is 7.05. The largest absolute Gasteiger partial charge is 0.368 e. The van der Waals surface area contributed by atoms with Gasteiger partial charge in [-0.2, -0.15) is 0 Å². The fourth-order valence-electron chi connectivity index (χ4n) is 2.81. The second kappa shape index (κ2) is 5.25. The summed E-state index contributed by atoms with van der Waals surface area (Å²) in [5, 5.41) is 2.87. The molecule has 0 bridgehead atoms. The van der Waals surface area contributed by atoms with Crippen LogP contribution < -0.4 is 10.2 Å². The zero-order valence-electron chi connectivity index (χ0n) is 11.5. The monoisotopic (exact) mass is 274 g/mol. The maximum Gasteiger partial charge on any atom is 0.253 e. The van der Waals surface area contributed by atoms with Crippen molar-refractivity contribution in [1.29, 1.82) is 0 Å². The lowest BCUT2D eigenvalue weighted by molar-refractivity contribution is -0.124. The minimum Gasteiger partial charge on any atom is -0.368 e. The van der Waals surface area contributed by atoms with Crippen molar-refractivity contribution in [1.82, 2.24) is 0 Å². The number of nitrogens with zero attached hydrogens (tertiary/aromatic N) is 1. The summed E-state index contributed by atoms with van der Waals surface area (Å²) in [6, 6.07) is 5.62. The Bertz CT molecular complexity index is 550. The van der Waals surface area contributed by atoms with Gasteiger partial charge in [-0.3, -0.25) is 9.59 Å². The van der Waals surface area contributed by atoms with Crippen molar-refractivity contribution < 1.29 is 14.3 Å². The smallest absolute Gasteiger partial charge is 0.253 e. The zero-order valence-corrected chi connectivity index (χ0v) is 11.5. The van der Waals surface area contributed by atoms with Crippen LogP contribution in [0.1, 0.15) is 25.3 Å². The highest BCUT2D eigenvalue weighted by atomic mass is 16.5. The molecule has 1 atom stereocenters. The number of ether oxygens (including phenoxy) is 1. The summed E-state index contributed by atoms with van der Waals surface area (Å²) < 4.78 is 5.36. The number of likely N-dealkylation sites (N-methyl/N-ethyl adjacent to an activating group) is 1. The molecule has 3 rings (SSSR count). The number of rotatable bonds is 3. The Hall–Kier alpha value is -1.88. The van der Waals surface area contributed by atoms with E-state index in [2.05, 4.69) is 5.32 Å². The van der Waals surface area contributed by atoms with E-state index in [1.54, 1.807) is 4.90 Å². The number of amides is 2. The maximum atomic E-state index is 12.0. The van der Waals surface area contributed by atoms with Crippen molar-refractivity contribution in [2.75, 3.05) is 23.4 Å². The molecule has 1 N–H and O–H groups in total. The molecule has 0 aromatic heterocycles. The van der Waals surface area contributed by atoms with E-state index in [1.807, 2.05) is 25.1 Å². The van der Waals surface area contributed by atoms with Gasteiger partial charge in [0, 0.05) is 24.5 Å². The molecule has 2 aliphatic rings. The second-order valence-corrected chi connectivity index (χ2v) is 5.15. The summed E-state index contributed by atoms with van der Waals surface area (Å²) >= 11 is 0. The lowest BCUT2D eigenvalue weighted by atomic mass is 10.1. The highest BCUT2D eigenvalue weighted by Crippen LogP contribution is 2.31. The standard InChI is InChI=1S/C15H18N2O3/c1-2-17-12-6-5-11(8-10(12)9-14(17)18)16-15(19)13-4-3-7-20-13/h5-6,8,13H,2-4,7,9H2,1H3,(H,16,19). The molecule has 0 radical (unpaired) electrons. The van der Waals surface area contributed by atoms with Crippen LogP contribution in [0.3, 0.4) is 0 Å². The van der Waals surface area contributed by atoms with E-state index < -0.39 is 0 Å². The average Bonchev–Trinajstić information content (AvgIpc) is 3.04. The molecule has 2 amide bonds. The van der Waals surface area contributed by atoms with Gasteiger partial charge in [0.25, 0.3) is 5.91 Å². The van der Waals surface area contributed by atoms with Gasteiger partial charge < -0.3 is 15.0 Å². The number of fused-ring (bicyclic) bond motifs is 1. The Morgan fingerprint density at radius 1 is 1.50 bits per heavy atom. The van der Waals surface area contributed by atoms with E-state index >= 15 is 0 Å². The number of carbonyl (C=O) groups is 2. The molecular formula is C15H18N2O3. The molecule has 1 aromatic carbocycles. The summed E-state index contributed by atoms with van der Waals surface area (Å²) in [6.07, 6.45) is 1.78.